The van der Waals surface area contributed by atoms with Crippen molar-refractivity contribution in [3.05, 3.63) is 23.8 Å². The van der Waals surface area contributed by atoms with Gasteiger partial charge in [-0.1, -0.05) is 0 Å². The van der Waals surface area contributed by atoms with Crippen molar-refractivity contribution in [1.82, 2.24) is 7.76 Å². The molecule has 0 atom stereocenters. The molecule has 1 aromatic rings. The number of rotatable bonds is 2. The van der Waals surface area contributed by atoms with Crippen molar-refractivity contribution < 1.29 is 19.4 Å². The van der Waals surface area contributed by atoms with Crippen LogP contribution in [0.4, 0.5) is 0 Å². The van der Waals surface area contributed by atoms with Gasteiger partial charge < -0.3 is 0 Å². The summed E-state index contributed by atoms with van der Waals surface area (Å²) in [6.07, 6.45) is 6.04. The predicted octanol–water partition coefficient (Wildman–Crippen LogP) is 1.75. The van der Waals surface area contributed by atoms with Crippen molar-refractivity contribution in [2.45, 2.75) is 6.92 Å². The zero-order valence-electron chi connectivity index (χ0n) is 5.99. The van der Waals surface area contributed by atoms with E-state index < -0.39 is 0 Å². The number of halogens is 1. The van der Waals surface area contributed by atoms with Gasteiger partial charge in [0.1, 0.15) is 0 Å². The molecular formula is C7H7IN2W. The fourth-order valence-corrected chi connectivity index (χ4v) is 1.37. The van der Waals surface area contributed by atoms with Gasteiger partial charge in [-0.3, -0.25) is 0 Å². The molecule has 0 spiro atoms. The fraction of sp³-hybridized carbons (Fsp3) is 0.143. The van der Waals surface area contributed by atoms with Gasteiger partial charge in [0.25, 0.3) is 0 Å². The van der Waals surface area contributed by atoms with Gasteiger partial charge in [0.15, 0.2) is 0 Å². The van der Waals surface area contributed by atoms with Crippen LogP contribution in [0.25, 0.3) is 6.08 Å². The van der Waals surface area contributed by atoms with E-state index in [1.165, 1.54) is 19.4 Å². The van der Waals surface area contributed by atoms with E-state index in [-0.39, 0.29) is 0 Å². The maximum atomic E-state index is 4.31. The molecule has 0 N–H and O–H groups in total. The minimum atomic E-state index is 1.02. The third-order valence-electron chi connectivity index (χ3n) is 1.19. The molecule has 0 saturated heterocycles. The number of aromatic nitrogens is 2. The Morgan fingerprint density at radius 1 is 1.73 bits per heavy atom. The summed E-state index contributed by atoms with van der Waals surface area (Å²) in [5, 5.41) is 0. The average molecular weight is 430 g/mol. The van der Waals surface area contributed by atoms with Gasteiger partial charge in [-0.2, -0.15) is 0 Å². The number of aryl methyl sites for hydroxylation is 1. The summed E-state index contributed by atoms with van der Waals surface area (Å²) in [5.41, 5.74) is 1.02. The molecule has 0 aromatic carbocycles. The summed E-state index contributed by atoms with van der Waals surface area (Å²) in [4.78, 5) is 4.31. The Morgan fingerprint density at radius 3 is 2.91 bits per heavy atom. The molecular weight excluding hydrogens is 423 g/mol. The Labute approximate surface area is 90.6 Å². The first kappa shape index (κ1) is 9.33. The normalized spacial score (nSPS) is 10.7. The summed E-state index contributed by atoms with van der Waals surface area (Å²) >= 11 is 3.67. The summed E-state index contributed by atoms with van der Waals surface area (Å²) in [6.45, 7) is 1.99. The van der Waals surface area contributed by atoms with Crippen molar-refractivity contribution in [1.29, 1.82) is 0 Å². The van der Waals surface area contributed by atoms with Crippen LogP contribution in [0.15, 0.2) is 12.3 Å². The molecule has 0 aliphatic carbocycles. The first-order chi connectivity index (χ1) is 5.24. The standard InChI is InChI=1S/C7H7IN2.W/c1-3-4-7-5-10(8)6(2)9-7;/h1,3-5H,2H3;. The Morgan fingerprint density at radius 2 is 2.45 bits per heavy atom. The van der Waals surface area contributed by atoms with E-state index in [0.29, 0.717) is 0 Å². The van der Waals surface area contributed by atoms with Crippen LogP contribution in [0, 0.1) is 6.92 Å². The molecule has 1 aromatic heterocycles. The molecule has 0 bridgehead atoms. The zero-order chi connectivity index (χ0) is 8.27. The Hall–Kier alpha value is 0.238. The molecule has 0 saturated carbocycles. The van der Waals surface area contributed by atoms with Gasteiger partial charge in [0.05, 0.1) is 0 Å². The van der Waals surface area contributed by atoms with Crippen LogP contribution in [-0.2, 0) is 19.4 Å². The van der Waals surface area contributed by atoms with Gasteiger partial charge in [0.2, 0.25) is 0 Å². The molecule has 0 radical (unpaired) electrons. The second kappa shape index (κ2) is 4.31. The van der Waals surface area contributed by atoms with Gasteiger partial charge in [-0.05, 0) is 0 Å². The molecule has 1 heterocycles. The number of imidazole rings is 1. The van der Waals surface area contributed by atoms with E-state index in [9.17, 15) is 0 Å². The second-order valence-corrected chi connectivity index (χ2v) is 4.04. The van der Waals surface area contributed by atoms with Crippen LogP contribution in [0.1, 0.15) is 11.5 Å². The van der Waals surface area contributed by atoms with Crippen LogP contribution in [0.3, 0.4) is 0 Å². The molecule has 0 aliphatic rings. The third kappa shape index (κ3) is 2.64. The minimum absolute atomic E-state index is 1.02. The van der Waals surface area contributed by atoms with Crippen LogP contribution < -0.4 is 0 Å². The van der Waals surface area contributed by atoms with E-state index >= 15 is 0 Å². The van der Waals surface area contributed by atoms with Gasteiger partial charge in [-0.15, -0.1) is 0 Å². The van der Waals surface area contributed by atoms with Crippen LogP contribution >= 0.6 is 22.9 Å². The van der Waals surface area contributed by atoms with Gasteiger partial charge >= 0.3 is 91.2 Å². The zero-order valence-corrected chi connectivity index (χ0v) is 11.1. The molecule has 0 aliphatic heterocycles. The van der Waals surface area contributed by atoms with Gasteiger partial charge in [-0.25, -0.2) is 0 Å². The molecule has 0 unspecified atom stereocenters. The van der Waals surface area contributed by atoms with Crippen molar-refractivity contribution in [2.75, 3.05) is 0 Å². The number of nitrogens with zero attached hydrogens (tertiary/aromatic N) is 2. The van der Waals surface area contributed by atoms with Crippen molar-refractivity contribution in [3.8, 4) is 0 Å². The van der Waals surface area contributed by atoms with Crippen molar-refractivity contribution >= 4 is 33.3 Å². The molecule has 11 heavy (non-hydrogen) atoms. The summed E-state index contributed by atoms with van der Waals surface area (Å²) in [7, 11) is 0. The molecule has 58 valence electrons. The molecule has 0 fully saturated rings. The Bertz CT molecular complexity index is 271. The quantitative estimate of drug-likeness (QED) is 0.655. The number of hydrogen-bond acceptors (Lipinski definition) is 1. The van der Waals surface area contributed by atoms with E-state index in [2.05, 4.69) is 32.2 Å². The molecule has 1 rings (SSSR count). The first-order valence-corrected chi connectivity index (χ1v) is 5.74. The second-order valence-electron chi connectivity index (χ2n) is 2.02. The third-order valence-corrected chi connectivity index (χ3v) is 2.73. The van der Waals surface area contributed by atoms with E-state index in [1.54, 1.807) is 0 Å². The average Bonchev–Trinajstić information content (AvgIpc) is 2.28. The Kier molecular flexibility index (Phi) is 3.65. The Balaban J connectivity index is 2.88. The van der Waals surface area contributed by atoms with E-state index in [1.807, 2.05) is 28.1 Å². The van der Waals surface area contributed by atoms with E-state index in [4.69, 9.17) is 0 Å². The maximum absolute atomic E-state index is 4.31. The molecule has 4 heteroatoms. The van der Waals surface area contributed by atoms with Crippen LogP contribution in [0.2, 0.25) is 0 Å². The number of allylic oxidation sites excluding steroid dienone is 1. The first-order valence-electron chi connectivity index (χ1n) is 3.08. The van der Waals surface area contributed by atoms with Gasteiger partial charge in [0, 0.05) is 0 Å². The summed E-state index contributed by atoms with van der Waals surface area (Å²) in [6, 6.07) is 0. The number of hydrogen-bond donors (Lipinski definition) is 0. The van der Waals surface area contributed by atoms with E-state index in [0.717, 1.165) is 11.5 Å². The topological polar surface area (TPSA) is 17.8 Å². The monoisotopic (exact) mass is 430 g/mol. The summed E-state index contributed by atoms with van der Waals surface area (Å²) in [5.74, 6) is 1.04. The molecule has 2 nitrogen and oxygen atoms in total. The van der Waals surface area contributed by atoms with Crippen molar-refractivity contribution in [3.63, 3.8) is 0 Å². The van der Waals surface area contributed by atoms with Crippen LogP contribution in [-0.4, -0.2) is 12.2 Å². The molecule has 0 amide bonds. The van der Waals surface area contributed by atoms with Crippen LogP contribution in [0.5, 0.6) is 0 Å². The summed E-state index contributed by atoms with van der Waals surface area (Å²) < 4.78 is 4.06. The predicted molar refractivity (Wildman–Crippen MR) is 51.5 cm³/mol. The fourth-order valence-electron chi connectivity index (χ4n) is 0.691. The van der Waals surface area contributed by atoms with Crippen molar-refractivity contribution in [2.24, 2.45) is 0 Å². The SMILES string of the molecule is Cc1nc(C=C[CH]=[W])cn1I.